The van der Waals surface area contributed by atoms with Gasteiger partial charge in [-0.05, 0) is 43.7 Å². The summed E-state index contributed by atoms with van der Waals surface area (Å²) in [7, 11) is -4.49. The van der Waals surface area contributed by atoms with E-state index < -0.39 is 21.8 Å². The Morgan fingerprint density at radius 2 is 1.68 bits per heavy atom. The predicted octanol–water partition coefficient (Wildman–Crippen LogP) is 2.39. The fourth-order valence-corrected chi connectivity index (χ4v) is 4.00. The Hall–Kier alpha value is -3.27. The maximum absolute atomic E-state index is 13.0. The van der Waals surface area contributed by atoms with Crippen LogP contribution in [0, 0.1) is 0 Å². The van der Waals surface area contributed by atoms with E-state index in [4.69, 9.17) is 4.74 Å². The maximum Gasteiger partial charge on any atom is 0.276 e. The van der Waals surface area contributed by atoms with Crippen molar-refractivity contribution in [1.82, 2.24) is 14.6 Å². The zero-order valence-corrected chi connectivity index (χ0v) is 18.4. The average molecular weight is 448 g/mol. The van der Waals surface area contributed by atoms with Gasteiger partial charge in [0.1, 0.15) is 0 Å². The van der Waals surface area contributed by atoms with Gasteiger partial charge in [0.05, 0.1) is 17.1 Å². The molecule has 0 saturated carbocycles. The first kappa shape index (κ1) is 24.0. The standard InChI is InChI=1S/C21H25N3O6S/c1-4-6-13-22-20(26)16-7-10-18(11-8-16)31(28,29)24(15(3)25)21(27)17-9-12-19(23-14-17)30-5-2/h7-12,14H,4-6,13H2,1-3H3,(H,22,26). The number of benzene rings is 1. The van der Waals surface area contributed by atoms with Crippen molar-refractivity contribution in [2.45, 2.75) is 38.5 Å². The zero-order chi connectivity index (χ0) is 23.0. The minimum atomic E-state index is -4.49. The van der Waals surface area contributed by atoms with Crippen LogP contribution in [-0.2, 0) is 14.8 Å². The van der Waals surface area contributed by atoms with E-state index in [1.165, 1.54) is 36.4 Å². The quantitative estimate of drug-likeness (QED) is 0.586. The minimum absolute atomic E-state index is 0.0887. The van der Waals surface area contributed by atoms with Crippen LogP contribution in [0.3, 0.4) is 0 Å². The molecular formula is C21H25N3O6S. The SMILES string of the molecule is CCCCNC(=O)c1ccc(S(=O)(=O)N(C(C)=O)C(=O)c2ccc(OCC)nc2)cc1. The highest BCUT2D eigenvalue weighted by Gasteiger charge is 2.34. The highest BCUT2D eigenvalue weighted by molar-refractivity contribution is 7.90. The summed E-state index contributed by atoms with van der Waals surface area (Å²) in [4.78, 5) is 40.6. The van der Waals surface area contributed by atoms with Gasteiger partial charge in [-0.2, -0.15) is 4.31 Å². The molecule has 1 heterocycles. The van der Waals surface area contributed by atoms with Crippen LogP contribution < -0.4 is 10.1 Å². The lowest BCUT2D eigenvalue weighted by molar-refractivity contribution is -0.122. The number of carbonyl (C=O) groups is 3. The summed E-state index contributed by atoms with van der Waals surface area (Å²) in [5.74, 6) is -2.08. The normalized spacial score (nSPS) is 10.9. The van der Waals surface area contributed by atoms with Gasteiger partial charge in [0, 0.05) is 31.3 Å². The van der Waals surface area contributed by atoms with Gasteiger partial charge >= 0.3 is 0 Å². The summed E-state index contributed by atoms with van der Waals surface area (Å²) in [6, 6.07) is 7.77. The first-order valence-electron chi connectivity index (χ1n) is 9.79. The second-order valence-corrected chi connectivity index (χ2v) is 8.33. The second kappa shape index (κ2) is 10.7. The van der Waals surface area contributed by atoms with E-state index in [0.717, 1.165) is 26.0 Å². The Morgan fingerprint density at radius 3 is 2.19 bits per heavy atom. The van der Waals surface area contributed by atoms with Gasteiger partial charge in [0.2, 0.25) is 11.8 Å². The molecule has 0 aliphatic rings. The van der Waals surface area contributed by atoms with Gasteiger partial charge in [0.25, 0.3) is 21.8 Å². The first-order valence-corrected chi connectivity index (χ1v) is 11.2. The smallest absolute Gasteiger partial charge is 0.276 e. The summed E-state index contributed by atoms with van der Waals surface area (Å²) in [6.45, 7) is 5.63. The van der Waals surface area contributed by atoms with E-state index in [0.29, 0.717) is 13.2 Å². The van der Waals surface area contributed by atoms with Crippen molar-refractivity contribution in [2.75, 3.05) is 13.2 Å². The van der Waals surface area contributed by atoms with Crippen LogP contribution in [0.4, 0.5) is 0 Å². The van der Waals surface area contributed by atoms with Crippen molar-refractivity contribution in [3.05, 3.63) is 53.7 Å². The first-order chi connectivity index (χ1) is 14.7. The Kier molecular flexibility index (Phi) is 8.26. The van der Waals surface area contributed by atoms with E-state index in [2.05, 4.69) is 10.3 Å². The van der Waals surface area contributed by atoms with Gasteiger partial charge in [0.15, 0.2) is 0 Å². The van der Waals surface area contributed by atoms with Gasteiger partial charge in [-0.1, -0.05) is 13.3 Å². The molecular weight excluding hydrogens is 422 g/mol. The third-order valence-electron chi connectivity index (χ3n) is 4.22. The van der Waals surface area contributed by atoms with Crippen molar-refractivity contribution in [1.29, 1.82) is 0 Å². The summed E-state index contributed by atoms with van der Waals surface area (Å²) >= 11 is 0. The molecule has 0 bridgehead atoms. The highest BCUT2D eigenvalue weighted by atomic mass is 32.2. The number of pyridine rings is 1. The Bertz CT molecular complexity index is 1030. The molecule has 2 rings (SSSR count). The summed E-state index contributed by atoms with van der Waals surface area (Å²) < 4.78 is 31.4. The maximum atomic E-state index is 13.0. The van der Waals surface area contributed by atoms with Crippen LogP contribution in [0.2, 0.25) is 0 Å². The monoisotopic (exact) mass is 447 g/mol. The number of imide groups is 1. The number of sulfonamides is 1. The zero-order valence-electron chi connectivity index (χ0n) is 17.6. The third kappa shape index (κ3) is 5.88. The molecule has 1 N–H and O–H groups in total. The third-order valence-corrected chi connectivity index (χ3v) is 5.99. The summed E-state index contributed by atoms with van der Waals surface area (Å²) in [5.41, 5.74) is 0.181. The van der Waals surface area contributed by atoms with Crippen molar-refractivity contribution < 1.29 is 27.5 Å². The molecule has 166 valence electrons. The molecule has 0 aliphatic carbocycles. The van der Waals surface area contributed by atoms with Gasteiger partial charge in [-0.3, -0.25) is 14.4 Å². The molecule has 0 unspecified atom stereocenters. The van der Waals surface area contributed by atoms with E-state index >= 15 is 0 Å². The van der Waals surface area contributed by atoms with E-state index in [9.17, 15) is 22.8 Å². The lowest BCUT2D eigenvalue weighted by Gasteiger charge is -2.19. The predicted molar refractivity (Wildman–Crippen MR) is 113 cm³/mol. The number of hydrogen-bond donors (Lipinski definition) is 1. The average Bonchev–Trinajstić information content (AvgIpc) is 2.74. The summed E-state index contributed by atoms with van der Waals surface area (Å²) in [5, 5.41) is 2.73. The summed E-state index contributed by atoms with van der Waals surface area (Å²) in [6.07, 6.45) is 2.90. The number of aromatic nitrogens is 1. The van der Waals surface area contributed by atoms with Gasteiger partial charge < -0.3 is 10.1 Å². The molecule has 0 saturated heterocycles. The lowest BCUT2D eigenvalue weighted by Crippen LogP contribution is -2.40. The van der Waals surface area contributed by atoms with E-state index in [1.54, 1.807) is 6.92 Å². The number of ether oxygens (including phenoxy) is 1. The fourth-order valence-electron chi connectivity index (χ4n) is 2.64. The second-order valence-electron chi connectivity index (χ2n) is 6.55. The topological polar surface area (TPSA) is 123 Å². The van der Waals surface area contributed by atoms with Crippen molar-refractivity contribution >= 4 is 27.7 Å². The number of carbonyl (C=O) groups excluding carboxylic acids is 3. The molecule has 0 spiro atoms. The van der Waals surface area contributed by atoms with E-state index in [1.807, 2.05) is 6.92 Å². The van der Waals surface area contributed by atoms with Gasteiger partial charge in [-0.15, -0.1) is 0 Å². The fraction of sp³-hybridized carbons (Fsp3) is 0.333. The molecule has 31 heavy (non-hydrogen) atoms. The number of rotatable bonds is 9. The molecule has 1 aromatic heterocycles. The van der Waals surface area contributed by atoms with Gasteiger partial charge in [-0.25, -0.2) is 13.4 Å². The Labute approximate surface area is 181 Å². The molecule has 0 aliphatic heterocycles. The van der Waals surface area contributed by atoms with E-state index in [-0.39, 0.29) is 32.1 Å². The molecule has 9 nitrogen and oxygen atoms in total. The molecule has 0 atom stereocenters. The number of amides is 3. The molecule has 0 fully saturated rings. The number of unbranched alkanes of at least 4 members (excludes halogenated alkanes) is 1. The van der Waals surface area contributed by atoms with Crippen molar-refractivity contribution in [2.24, 2.45) is 0 Å². The molecule has 2 aromatic rings. The van der Waals surface area contributed by atoms with Crippen molar-refractivity contribution in [3.8, 4) is 5.88 Å². The lowest BCUT2D eigenvalue weighted by atomic mass is 10.2. The van der Waals surface area contributed by atoms with Crippen LogP contribution >= 0.6 is 0 Å². The molecule has 10 heteroatoms. The molecule has 3 amide bonds. The van der Waals surface area contributed by atoms with Crippen LogP contribution in [0.1, 0.15) is 54.3 Å². The van der Waals surface area contributed by atoms with Crippen molar-refractivity contribution in [3.63, 3.8) is 0 Å². The molecule has 1 aromatic carbocycles. The minimum Gasteiger partial charge on any atom is -0.478 e. The highest BCUT2D eigenvalue weighted by Crippen LogP contribution is 2.20. The van der Waals surface area contributed by atoms with Crippen LogP contribution in [0.25, 0.3) is 0 Å². The number of hydrogen-bond acceptors (Lipinski definition) is 7. The van der Waals surface area contributed by atoms with Crippen LogP contribution in [-0.4, -0.2) is 48.6 Å². The Balaban J connectivity index is 2.28. The Morgan fingerprint density at radius 1 is 1.03 bits per heavy atom. The number of nitrogens with zero attached hydrogens (tertiary/aromatic N) is 2. The van der Waals surface area contributed by atoms with Crippen LogP contribution in [0.5, 0.6) is 5.88 Å². The number of nitrogens with one attached hydrogen (secondary N) is 1. The molecule has 0 radical (unpaired) electrons. The van der Waals surface area contributed by atoms with Crippen LogP contribution in [0.15, 0.2) is 47.5 Å². The largest absolute Gasteiger partial charge is 0.478 e.